The molecule has 13 heavy (non-hydrogen) atoms. The molecule has 2 rings (SSSR count). The largest absolute Gasteiger partial charge is 0.462 e. The van der Waals surface area contributed by atoms with Gasteiger partial charge in [-0.15, -0.1) is 0 Å². The highest BCUT2D eigenvalue weighted by Crippen LogP contribution is 2.47. The molecule has 1 saturated heterocycles. The molecule has 0 aromatic heterocycles. The lowest BCUT2D eigenvalue weighted by atomic mass is 9.70. The van der Waals surface area contributed by atoms with Gasteiger partial charge in [0.2, 0.25) is 0 Å². The van der Waals surface area contributed by atoms with Crippen LogP contribution in [-0.2, 0) is 9.53 Å². The van der Waals surface area contributed by atoms with E-state index >= 15 is 0 Å². The lowest BCUT2D eigenvalue weighted by molar-refractivity contribution is -0.147. The minimum Gasteiger partial charge on any atom is -0.462 e. The SMILES string of the molecule is C[C@@H]1CC[C@@H]2[C@@H](C1)OC(=O)C2(C)C. The maximum atomic E-state index is 11.5. The number of carbonyl (C=O) groups is 1. The summed E-state index contributed by atoms with van der Waals surface area (Å²) in [5, 5.41) is 0. The van der Waals surface area contributed by atoms with Gasteiger partial charge in [-0.05, 0) is 32.6 Å². The van der Waals surface area contributed by atoms with Gasteiger partial charge in [-0.25, -0.2) is 0 Å². The summed E-state index contributed by atoms with van der Waals surface area (Å²) in [5.41, 5.74) is -0.231. The Kier molecular flexibility index (Phi) is 1.90. The van der Waals surface area contributed by atoms with Crippen LogP contribution in [0.15, 0.2) is 0 Å². The quantitative estimate of drug-likeness (QED) is 0.538. The predicted molar refractivity (Wildman–Crippen MR) is 50.2 cm³/mol. The van der Waals surface area contributed by atoms with Crippen molar-refractivity contribution in [3.63, 3.8) is 0 Å². The van der Waals surface area contributed by atoms with E-state index in [9.17, 15) is 4.79 Å². The summed E-state index contributed by atoms with van der Waals surface area (Å²) in [6.45, 7) is 6.29. The van der Waals surface area contributed by atoms with E-state index in [1.54, 1.807) is 0 Å². The Morgan fingerprint density at radius 3 is 2.77 bits per heavy atom. The van der Waals surface area contributed by atoms with Crippen LogP contribution < -0.4 is 0 Å². The molecule has 0 spiro atoms. The van der Waals surface area contributed by atoms with Crippen LogP contribution >= 0.6 is 0 Å². The maximum Gasteiger partial charge on any atom is 0.312 e. The van der Waals surface area contributed by atoms with Crippen molar-refractivity contribution < 1.29 is 9.53 Å². The van der Waals surface area contributed by atoms with E-state index in [-0.39, 0.29) is 17.5 Å². The van der Waals surface area contributed by atoms with Crippen molar-refractivity contribution in [2.75, 3.05) is 0 Å². The molecular formula is C11H18O2. The van der Waals surface area contributed by atoms with E-state index in [1.807, 2.05) is 13.8 Å². The topological polar surface area (TPSA) is 26.3 Å². The first-order valence-electron chi connectivity index (χ1n) is 5.23. The van der Waals surface area contributed by atoms with Crippen LogP contribution in [0.1, 0.15) is 40.0 Å². The van der Waals surface area contributed by atoms with E-state index < -0.39 is 0 Å². The predicted octanol–water partition coefficient (Wildman–Crippen LogP) is 2.37. The van der Waals surface area contributed by atoms with Crippen molar-refractivity contribution in [1.29, 1.82) is 0 Å². The number of ether oxygens (including phenoxy) is 1. The summed E-state index contributed by atoms with van der Waals surface area (Å²) in [4.78, 5) is 11.5. The molecule has 2 nitrogen and oxygen atoms in total. The first kappa shape index (κ1) is 9.04. The molecule has 0 aromatic rings. The van der Waals surface area contributed by atoms with Crippen LogP contribution in [0, 0.1) is 17.3 Å². The summed E-state index contributed by atoms with van der Waals surface area (Å²) in [7, 11) is 0. The molecule has 0 radical (unpaired) electrons. The lowest BCUT2D eigenvalue weighted by Gasteiger charge is -2.32. The molecule has 0 N–H and O–H groups in total. The molecule has 1 heterocycles. The summed E-state index contributed by atoms with van der Waals surface area (Å²) in [6.07, 6.45) is 3.69. The van der Waals surface area contributed by atoms with Gasteiger partial charge >= 0.3 is 5.97 Å². The molecule has 0 unspecified atom stereocenters. The van der Waals surface area contributed by atoms with Crippen molar-refractivity contribution in [1.82, 2.24) is 0 Å². The van der Waals surface area contributed by atoms with E-state index in [2.05, 4.69) is 6.92 Å². The zero-order valence-corrected chi connectivity index (χ0v) is 8.67. The zero-order valence-electron chi connectivity index (χ0n) is 8.67. The van der Waals surface area contributed by atoms with Gasteiger partial charge in [0.25, 0.3) is 0 Å². The average molecular weight is 182 g/mol. The van der Waals surface area contributed by atoms with Crippen LogP contribution in [0.4, 0.5) is 0 Å². The standard InChI is InChI=1S/C11H18O2/c1-7-4-5-8-9(6-7)13-10(12)11(8,2)3/h7-9H,4-6H2,1-3H3/t7-,8-,9-/m1/s1. The molecule has 0 amide bonds. The third-order valence-electron chi connectivity index (χ3n) is 3.77. The number of fused-ring (bicyclic) bond motifs is 1. The Labute approximate surface area is 79.7 Å². The molecular weight excluding hydrogens is 164 g/mol. The first-order valence-corrected chi connectivity index (χ1v) is 5.23. The van der Waals surface area contributed by atoms with Gasteiger partial charge in [-0.3, -0.25) is 4.79 Å². The van der Waals surface area contributed by atoms with E-state index in [4.69, 9.17) is 4.74 Å². The second-order valence-corrected chi connectivity index (χ2v) is 5.19. The molecule has 0 bridgehead atoms. The minimum absolute atomic E-state index is 0.0107. The zero-order chi connectivity index (χ0) is 9.64. The monoisotopic (exact) mass is 182 g/mol. The third-order valence-corrected chi connectivity index (χ3v) is 3.77. The highest BCUT2D eigenvalue weighted by atomic mass is 16.6. The average Bonchev–Trinajstić information content (AvgIpc) is 2.23. The summed E-state index contributed by atoms with van der Waals surface area (Å²) >= 11 is 0. The first-order chi connectivity index (χ1) is 6.01. The molecule has 0 aromatic carbocycles. The second kappa shape index (κ2) is 2.73. The van der Waals surface area contributed by atoms with E-state index in [0.717, 1.165) is 18.8 Å². The number of hydrogen-bond acceptors (Lipinski definition) is 2. The van der Waals surface area contributed by atoms with Gasteiger partial charge in [0.15, 0.2) is 0 Å². The van der Waals surface area contributed by atoms with Crippen LogP contribution in [0.2, 0.25) is 0 Å². The van der Waals surface area contributed by atoms with Gasteiger partial charge < -0.3 is 4.74 Å². The lowest BCUT2D eigenvalue weighted by Crippen LogP contribution is -2.32. The van der Waals surface area contributed by atoms with Gasteiger partial charge in [-0.2, -0.15) is 0 Å². The minimum atomic E-state index is -0.231. The van der Waals surface area contributed by atoms with Crippen molar-refractivity contribution in [2.24, 2.45) is 17.3 Å². The number of carbonyl (C=O) groups excluding carboxylic acids is 1. The fraction of sp³-hybridized carbons (Fsp3) is 0.909. The van der Waals surface area contributed by atoms with Crippen LogP contribution in [0.25, 0.3) is 0 Å². The summed E-state index contributed by atoms with van der Waals surface area (Å²) in [5.74, 6) is 1.20. The highest BCUT2D eigenvalue weighted by molar-refractivity contribution is 5.78. The van der Waals surface area contributed by atoms with E-state index in [0.29, 0.717) is 5.92 Å². The number of rotatable bonds is 0. The molecule has 3 atom stereocenters. The fourth-order valence-corrected chi connectivity index (χ4v) is 2.73. The van der Waals surface area contributed by atoms with Crippen molar-refractivity contribution in [2.45, 2.75) is 46.1 Å². The maximum absolute atomic E-state index is 11.5. The van der Waals surface area contributed by atoms with Crippen LogP contribution in [0.3, 0.4) is 0 Å². The molecule has 1 aliphatic carbocycles. The highest BCUT2D eigenvalue weighted by Gasteiger charge is 2.52. The summed E-state index contributed by atoms with van der Waals surface area (Å²) < 4.78 is 5.41. The Bertz CT molecular complexity index is 232. The molecule has 74 valence electrons. The van der Waals surface area contributed by atoms with Crippen molar-refractivity contribution in [3.05, 3.63) is 0 Å². The van der Waals surface area contributed by atoms with Crippen molar-refractivity contribution >= 4 is 5.97 Å². The number of hydrogen-bond donors (Lipinski definition) is 0. The van der Waals surface area contributed by atoms with Gasteiger partial charge in [0.05, 0.1) is 5.41 Å². The smallest absolute Gasteiger partial charge is 0.312 e. The van der Waals surface area contributed by atoms with Crippen LogP contribution in [-0.4, -0.2) is 12.1 Å². The number of esters is 1. The summed E-state index contributed by atoms with van der Waals surface area (Å²) in [6, 6.07) is 0. The van der Waals surface area contributed by atoms with Crippen LogP contribution in [0.5, 0.6) is 0 Å². The molecule has 2 aliphatic rings. The third kappa shape index (κ3) is 1.27. The van der Waals surface area contributed by atoms with Gasteiger partial charge in [0, 0.05) is 5.92 Å². The fourth-order valence-electron chi connectivity index (χ4n) is 2.73. The van der Waals surface area contributed by atoms with Crippen molar-refractivity contribution in [3.8, 4) is 0 Å². The van der Waals surface area contributed by atoms with Gasteiger partial charge in [-0.1, -0.05) is 13.3 Å². The molecule has 2 heteroatoms. The Balaban J connectivity index is 2.18. The molecule has 1 aliphatic heterocycles. The van der Waals surface area contributed by atoms with E-state index in [1.165, 1.54) is 6.42 Å². The Morgan fingerprint density at radius 2 is 2.08 bits per heavy atom. The Morgan fingerprint density at radius 1 is 1.38 bits per heavy atom. The van der Waals surface area contributed by atoms with Gasteiger partial charge in [0.1, 0.15) is 6.10 Å². The molecule has 1 saturated carbocycles. The Hall–Kier alpha value is -0.530. The normalized spacial score (nSPS) is 42.7. The molecule has 2 fully saturated rings. The second-order valence-electron chi connectivity index (χ2n) is 5.19.